The minimum absolute atomic E-state index is 0.0533. The van der Waals surface area contributed by atoms with Crippen molar-refractivity contribution in [3.05, 3.63) is 23.3 Å². The third-order valence-electron chi connectivity index (χ3n) is 8.13. The molecule has 4 unspecified atom stereocenters. The van der Waals surface area contributed by atoms with Gasteiger partial charge in [-0.1, -0.05) is 32.9 Å². The maximum atomic E-state index is 10.6. The van der Waals surface area contributed by atoms with E-state index in [9.17, 15) is 15.4 Å². The van der Waals surface area contributed by atoms with Gasteiger partial charge in [-0.05, 0) is 61.0 Å². The zero-order valence-electron chi connectivity index (χ0n) is 15.6. The van der Waals surface area contributed by atoms with Crippen LogP contribution in [0.25, 0.3) is 0 Å². The molecule has 0 saturated heterocycles. The normalized spacial score (nSPS) is 40.4. The average molecular weight is 343 g/mol. The Balaban J connectivity index is 1.83. The van der Waals surface area contributed by atoms with Gasteiger partial charge in [0.25, 0.3) is 0 Å². The molecule has 2 fully saturated rings. The fourth-order valence-electron chi connectivity index (χ4n) is 7.01. The molecule has 0 amide bonds. The second kappa shape index (κ2) is 4.93. The van der Waals surface area contributed by atoms with Crippen LogP contribution in [-0.2, 0) is 11.8 Å². The Bertz CT molecular complexity index is 769. The number of benzene rings is 1. The zero-order valence-corrected chi connectivity index (χ0v) is 15.6. The molecule has 0 aromatic heterocycles. The summed E-state index contributed by atoms with van der Waals surface area (Å²) in [7, 11) is 0. The molecule has 0 heterocycles. The van der Waals surface area contributed by atoms with Crippen molar-refractivity contribution in [1.29, 1.82) is 0 Å². The number of nitrogens with zero attached hydrogens (tertiary/aromatic N) is 1. The van der Waals surface area contributed by atoms with Gasteiger partial charge in [0.2, 0.25) is 0 Å². The molecule has 0 bridgehead atoms. The molecule has 136 valence electrons. The lowest BCUT2D eigenvalue weighted by molar-refractivity contribution is -0.0612. The number of phenols is 2. The molecule has 1 aromatic carbocycles. The maximum Gasteiger partial charge on any atom is 0.123 e. The summed E-state index contributed by atoms with van der Waals surface area (Å²) < 4.78 is 0. The molecule has 3 aliphatic rings. The van der Waals surface area contributed by atoms with E-state index in [1.165, 1.54) is 6.07 Å². The highest BCUT2D eigenvalue weighted by molar-refractivity contribution is 5.90. The highest BCUT2D eigenvalue weighted by atomic mass is 16.4. The molecule has 4 heteroatoms. The molecule has 0 radical (unpaired) electrons. The molecule has 0 spiro atoms. The third-order valence-corrected chi connectivity index (χ3v) is 8.13. The number of hydrogen-bond donors (Lipinski definition) is 3. The highest BCUT2D eigenvalue weighted by Gasteiger charge is 2.62. The van der Waals surface area contributed by atoms with Crippen LogP contribution in [0, 0.1) is 22.7 Å². The highest BCUT2D eigenvalue weighted by Crippen LogP contribution is 2.68. The van der Waals surface area contributed by atoms with E-state index in [1.807, 2.05) is 6.07 Å². The molecule has 25 heavy (non-hydrogen) atoms. The average Bonchev–Trinajstić information content (AvgIpc) is 2.80. The van der Waals surface area contributed by atoms with Gasteiger partial charge in [-0.2, -0.15) is 0 Å². The van der Waals surface area contributed by atoms with E-state index in [0.717, 1.165) is 48.9 Å². The van der Waals surface area contributed by atoms with Gasteiger partial charge in [-0.3, -0.25) is 0 Å². The van der Waals surface area contributed by atoms with Crippen molar-refractivity contribution in [2.75, 3.05) is 0 Å². The summed E-state index contributed by atoms with van der Waals surface area (Å²) in [5, 5.41) is 33.6. The zero-order chi connectivity index (χ0) is 18.2. The van der Waals surface area contributed by atoms with E-state index in [4.69, 9.17) is 0 Å². The number of fused-ring (bicyclic) bond motifs is 5. The predicted molar refractivity (Wildman–Crippen MR) is 97.4 cm³/mol. The Morgan fingerprint density at radius 1 is 1.04 bits per heavy atom. The fraction of sp³-hybridized carbons (Fsp3) is 0.667. The van der Waals surface area contributed by atoms with E-state index in [2.05, 4.69) is 32.9 Å². The smallest absolute Gasteiger partial charge is 0.123 e. The van der Waals surface area contributed by atoms with Crippen LogP contribution in [0.3, 0.4) is 0 Å². The first-order valence-electron chi connectivity index (χ1n) is 9.41. The van der Waals surface area contributed by atoms with Gasteiger partial charge in [0.1, 0.15) is 11.5 Å². The van der Waals surface area contributed by atoms with Crippen molar-refractivity contribution in [3.63, 3.8) is 0 Å². The molecule has 0 aliphatic heterocycles. The number of rotatable bonds is 0. The van der Waals surface area contributed by atoms with Crippen LogP contribution in [0.2, 0.25) is 0 Å². The maximum absolute atomic E-state index is 10.6. The summed E-state index contributed by atoms with van der Waals surface area (Å²) in [5.41, 5.74) is 3.05. The Hall–Kier alpha value is -1.71. The van der Waals surface area contributed by atoms with Crippen LogP contribution in [0.5, 0.6) is 11.5 Å². The van der Waals surface area contributed by atoms with Crippen molar-refractivity contribution in [1.82, 2.24) is 0 Å². The fourth-order valence-corrected chi connectivity index (χ4v) is 7.01. The Labute approximate surface area is 149 Å². The van der Waals surface area contributed by atoms with E-state index in [-0.39, 0.29) is 27.7 Å². The molecular weight excluding hydrogens is 314 g/mol. The number of phenolic OH excluding ortho intramolecular Hbond substituents is 2. The lowest BCUT2D eigenvalue weighted by Crippen LogP contribution is -2.57. The quantitative estimate of drug-likeness (QED) is 0.476. The standard InChI is InChI=1S/C21H29NO3/c1-19(2)15-5-7-21(4)16(20(15,3)8-6-17(19)22-25)10-12-9-13(23)11-14(24)18(12)21/h9,11,15-16,23-25H,5-8,10H2,1-4H3/b22-17+. The molecular formula is C21H29NO3. The third kappa shape index (κ3) is 1.97. The SMILES string of the molecule is CC1(C)/C(=N/O)CCC2(C)C1CCC1(C)c3c(O)cc(O)cc3CC12. The molecule has 4 atom stereocenters. The topological polar surface area (TPSA) is 73.1 Å². The largest absolute Gasteiger partial charge is 0.508 e. The summed E-state index contributed by atoms with van der Waals surface area (Å²) in [6.07, 6.45) is 4.83. The van der Waals surface area contributed by atoms with Gasteiger partial charge < -0.3 is 15.4 Å². The summed E-state index contributed by atoms with van der Waals surface area (Å²) in [6, 6.07) is 3.33. The molecule has 2 saturated carbocycles. The monoisotopic (exact) mass is 343 g/mol. The Kier molecular flexibility index (Phi) is 3.30. The van der Waals surface area contributed by atoms with Crippen LogP contribution in [0.4, 0.5) is 0 Å². The number of aromatic hydroxyl groups is 2. The Morgan fingerprint density at radius 2 is 1.76 bits per heavy atom. The number of oxime groups is 1. The van der Waals surface area contributed by atoms with E-state index in [0.29, 0.717) is 11.8 Å². The minimum Gasteiger partial charge on any atom is -0.508 e. The van der Waals surface area contributed by atoms with Gasteiger partial charge in [0.05, 0.1) is 5.71 Å². The lowest BCUT2D eigenvalue weighted by Gasteiger charge is -2.61. The van der Waals surface area contributed by atoms with E-state index in [1.54, 1.807) is 0 Å². The van der Waals surface area contributed by atoms with Crippen molar-refractivity contribution < 1.29 is 15.4 Å². The summed E-state index contributed by atoms with van der Waals surface area (Å²) >= 11 is 0. The van der Waals surface area contributed by atoms with Gasteiger partial charge >= 0.3 is 0 Å². The van der Waals surface area contributed by atoms with E-state index < -0.39 is 0 Å². The molecule has 1 aromatic rings. The summed E-state index contributed by atoms with van der Waals surface area (Å²) in [5.74, 6) is 1.29. The molecule has 4 rings (SSSR count). The summed E-state index contributed by atoms with van der Waals surface area (Å²) in [4.78, 5) is 0. The second-order valence-electron chi connectivity index (χ2n) is 9.54. The molecule has 4 nitrogen and oxygen atoms in total. The van der Waals surface area contributed by atoms with Crippen LogP contribution in [0.1, 0.15) is 64.5 Å². The van der Waals surface area contributed by atoms with Crippen LogP contribution in [0.15, 0.2) is 17.3 Å². The molecule has 3 aliphatic carbocycles. The van der Waals surface area contributed by atoms with Gasteiger partial charge in [-0.25, -0.2) is 0 Å². The lowest BCUT2D eigenvalue weighted by atomic mass is 9.43. The van der Waals surface area contributed by atoms with Crippen molar-refractivity contribution >= 4 is 5.71 Å². The first kappa shape index (κ1) is 16.7. The van der Waals surface area contributed by atoms with Crippen molar-refractivity contribution in [3.8, 4) is 11.5 Å². The number of hydrogen-bond acceptors (Lipinski definition) is 4. The minimum atomic E-state index is -0.109. The van der Waals surface area contributed by atoms with Gasteiger partial charge in [0.15, 0.2) is 0 Å². The van der Waals surface area contributed by atoms with Gasteiger partial charge in [-0.15, -0.1) is 0 Å². The van der Waals surface area contributed by atoms with Crippen LogP contribution < -0.4 is 0 Å². The van der Waals surface area contributed by atoms with E-state index >= 15 is 0 Å². The molecule has 3 N–H and O–H groups in total. The Morgan fingerprint density at radius 3 is 2.44 bits per heavy atom. The van der Waals surface area contributed by atoms with Gasteiger partial charge in [0, 0.05) is 22.5 Å². The summed E-state index contributed by atoms with van der Waals surface area (Å²) in [6.45, 7) is 9.14. The first-order chi connectivity index (χ1) is 11.6. The predicted octanol–water partition coefficient (Wildman–Crippen LogP) is 4.59. The van der Waals surface area contributed by atoms with Crippen LogP contribution in [-0.4, -0.2) is 21.1 Å². The van der Waals surface area contributed by atoms with Crippen molar-refractivity contribution in [2.45, 2.75) is 65.2 Å². The van der Waals surface area contributed by atoms with Crippen molar-refractivity contribution in [2.24, 2.45) is 27.8 Å². The first-order valence-corrected chi connectivity index (χ1v) is 9.41. The van der Waals surface area contributed by atoms with Crippen LogP contribution >= 0.6 is 0 Å². The second-order valence-corrected chi connectivity index (χ2v) is 9.54.